The van der Waals surface area contributed by atoms with Crippen molar-refractivity contribution in [1.82, 2.24) is 0 Å². The molecular weight excluding hydrogens is 118 g/mol. The van der Waals surface area contributed by atoms with Gasteiger partial charge in [0.05, 0.1) is 0 Å². The Balaban J connectivity index is 2.75. The largest absolute Gasteiger partial charge is 0.477 e. The van der Waals surface area contributed by atoms with E-state index in [1.165, 1.54) is 23.2 Å². The van der Waals surface area contributed by atoms with Crippen LogP contribution in [0.15, 0.2) is 0 Å². The van der Waals surface area contributed by atoms with Gasteiger partial charge < -0.3 is 4.32 Å². The molecule has 0 aliphatic rings. The van der Waals surface area contributed by atoms with E-state index in [9.17, 15) is 4.32 Å². The molecule has 6 heavy (non-hydrogen) atoms. The first kappa shape index (κ1) is 6.69. The molecular formula is C2H6BFS2. The zero-order valence-corrected chi connectivity index (χ0v) is 5.40. The molecule has 0 radical (unpaired) electrons. The predicted octanol–water partition coefficient (Wildman–Crippen LogP) is 1.67. The molecule has 0 saturated carbocycles. The van der Waals surface area contributed by atoms with E-state index in [2.05, 4.69) is 0 Å². The van der Waals surface area contributed by atoms with Gasteiger partial charge in [0, 0.05) is 0 Å². The zero-order valence-electron chi connectivity index (χ0n) is 3.77. The van der Waals surface area contributed by atoms with Crippen LogP contribution in [0.3, 0.4) is 0 Å². The molecule has 0 fully saturated rings. The first-order chi connectivity index (χ1) is 2.81. The highest BCUT2D eigenvalue weighted by molar-refractivity contribution is 8.52. The van der Waals surface area contributed by atoms with Gasteiger partial charge in [-0.1, -0.05) is 0 Å². The molecule has 0 unspecified atom stereocenters. The molecule has 36 valence electrons. The summed E-state index contributed by atoms with van der Waals surface area (Å²) in [7, 11) is 0. The maximum Gasteiger partial charge on any atom is 0.477 e. The highest BCUT2D eigenvalue weighted by Crippen LogP contribution is 2.12. The van der Waals surface area contributed by atoms with Crippen LogP contribution in [0.1, 0.15) is 0 Å². The van der Waals surface area contributed by atoms with Gasteiger partial charge in [0.15, 0.2) is 0 Å². The normalized spacial score (nSPS) is 8.50. The predicted molar refractivity (Wildman–Crippen MR) is 33.9 cm³/mol. The zero-order chi connectivity index (χ0) is 4.99. The smallest absolute Gasteiger partial charge is 0.303 e. The maximum absolute atomic E-state index is 11.8. The van der Waals surface area contributed by atoms with Crippen molar-refractivity contribution in [2.45, 2.75) is 0 Å². The lowest BCUT2D eigenvalue weighted by Crippen LogP contribution is -1.86. The van der Waals surface area contributed by atoms with Crippen molar-refractivity contribution in [3.8, 4) is 0 Å². The SMILES string of the molecule is CSB(F)SC. The van der Waals surface area contributed by atoms with Gasteiger partial charge in [0.2, 0.25) is 0 Å². The summed E-state index contributed by atoms with van der Waals surface area (Å²) in [6.45, 7) is 0. The van der Waals surface area contributed by atoms with Crippen LogP contribution in [0.5, 0.6) is 0 Å². The molecule has 0 saturated heterocycles. The average molecular weight is 124 g/mol. The lowest BCUT2D eigenvalue weighted by Gasteiger charge is -1.87. The number of rotatable bonds is 2. The summed E-state index contributed by atoms with van der Waals surface area (Å²) in [4.78, 5) is 0. The summed E-state index contributed by atoms with van der Waals surface area (Å²) in [6.07, 6.45) is 3.50. The second-order valence-electron chi connectivity index (χ2n) is 0.746. The van der Waals surface area contributed by atoms with Crippen molar-refractivity contribution in [1.29, 1.82) is 0 Å². The van der Waals surface area contributed by atoms with Crippen molar-refractivity contribution in [2.24, 2.45) is 0 Å². The third-order valence-corrected chi connectivity index (χ3v) is 2.27. The first-order valence-corrected chi connectivity index (χ1v) is 4.08. The molecule has 0 N–H and O–H groups in total. The van der Waals surface area contributed by atoms with Crippen molar-refractivity contribution in [2.75, 3.05) is 12.5 Å². The standard InChI is InChI=1S/C2H6BFS2/c1-5-3(4)6-2/h1-2H3. The fourth-order valence-electron chi connectivity index (χ4n) is 0.0962. The van der Waals surface area contributed by atoms with E-state index in [1.807, 2.05) is 0 Å². The van der Waals surface area contributed by atoms with Crippen molar-refractivity contribution in [3.05, 3.63) is 0 Å². The van der Waals surface area contributed by atoms with E-state index in [1.54, 1.807) is 12.5 Å². The average Bonchev–Trinajstić information content (AvgIpc) is 1.65. The van der Waals surface area contributed by atoms with Gasteiger partial charge in [0.25, 0.3) is 0 Å². The Morgan fingerprint density at radius 1 is 1.33 bits per heavy atom. The first-order valence-electron chi connectivity index (χ1n) is 1.51. The van der Waals surface area contributed by atoms with E-state index < -0.39 is 5.55 Å². The van der Waals surface area contributed by atoms with E-state index in [4.69, 9.17) is 0 Å². The van der Waals surface area contributed by atoms with Crippen LogP contribution >= 0.6 is 23.2 Å². The molecule has 4 heteroatoms. The topological polar surface area (TPSA) is 0 Å². The van der Waals surface area contributed by atoms with E-state index in [0.29, 0.717) is 0 Å². The minimum atomic E-state index is -0.731. The number of hydrogen-bond donors (Lipinski definition) is 0. The Hall–Kier alpha value is 0.695. The summed E-state index contributed by atoms with van der Waals surface area (Å²) in [5.41, 5.74) is -0.731. The van der Waals surface area contributed by atoms with Crippen molar-refractivity contribution in [3.63, 3.8) is 0 Å². The summed E-state index contributed by atoms with van der Waals surface area (Å²) >= 11 is 2.44. The van der Waals surface area contributed by atoms with Crippen LogP contribution in [-0.4, -0.2) is 18.1 Å². The van der Waals surface area contributed by atoms with E-state index in [0.717, 1.165) is 0 Å². The van der Waals surface area contributed by atoms with Gasteiger partial charge in [0.1, 0.15) is 0 Å². The van der Waals surface area contributed by atoms with Crippen LogP contribution in [0.4, 0.5) is 4.32 Å². The van der Waals surface area contributed by atoms with Crippen LogP contribution in [0, 0.1) is 0 Å². The Labute approximate surface area is 46.2 Å². The Morgan fingerprint density at radius 3 is 1.67 bits per heavy atom. The molecule has 0 spiro atoms. The van der Waals surface area contributed by atoms with Gasteiger partial charge in [-0.25, -0.2) is 0 Å². The number of halogens is 1. The molecule has 0 aliphatic carbocycles. The molecule has 0 aromatic heterocycles. The van der Waals surface area contributed by atoms with Gasteiger partial charge in [-0.15, -0.1) is 0 Å². The van der Waals surface area contributed by atoms with Gasteiger partial charge in [-0.05, 0) is 12.5 Å². The molecule has 0 rings (SSSR count). The summed E-state index contributed by atoms with van der Waals surface area (Å²) in [5, 5.41) is 0. The minimum absolute atomic E-state index is 0.731. The lowest BCUT2D eigenvalue weighted by atomic mass is 10.6. The Kier molecular flexibility index (Phi) is 4.32. The molecule has 0 atom stereocenters. The summed E-state index contributed by atoms with van der Waals surface area (Å²) < 4.78 is 11.8. The van der Waals surface area contributed by atoms with Gasteiger partial charge in [-0.2, -0.15) is 23.2 Å². The van der Waals surface area contributed by atoms with E-state index >= 15 is 0 Å². The second-order valence-corrected chi connectivity index (χ2v) is 2.81. The monoisotopic (exact) mass is 124 g/mol. The molecule has 0 aliphatic heterocycles. The van der Waals surface area contributed by atoms with Gasteiger partial charge >= 0.3 is 5.55 Å². The lowest BCUT2D eigenvalue weighted by molar-refractivity contribution is 0.888. The minimum Gasteiger partial charge on any atom is -0.303 e. The quantitative estimate of drug-likeness (QED) is 0.513. The van der Waals surface area contributed by atoms with Crippen LogP contribution < -0.4 is 0 Å². The number of hydrogen-bond acceptors (Lipinski definition) is 2. The molecule has 0 nitrogen and oxygen atoms in total. The summed E-state index contributed by atoms with van der Waals surface area (Å²) in [6, 6.07) is 0. The van der Waals surface area contributed by atoms with E-state index in [-0.39, 0.29) is 0 Å². The Morgan fingerprint density at radius 2 is 1.67 bits per heavy atom. The molecule has 0 bridgehead atoms. The van der Waals surface area contributed by atoms with Crippen LogP contribution in [0.25, 0.3) is 0 Å². The third-order valence-electron chi connectivity index (χ3n) is 0.371. The summed E-state index contributed by atoms with van der Waals surface area (Å²) in [5.74, 6) is 0. The highest BCUT2D eigenvalue weighted by Gasteiger charge is 2.06. The fourth-order valence-corrected chi connectivity index (χ4v) is 0.866. The second kappa shape index (κ2) is 3.87. The maximum atomic E-state index is 11.8. The Bertz CT molecular complexity index is 30.7. The highest BCUT2D eigenvalue weighted by atomic mass is 32.2. The third kappa shape index (κ3) is 2.91. The van der Waals surface area contributed by atoms with Crippen LogP contribution in [0.2, 0.25) is 0 Å². The van der Waals surface area contributed by atoms with Crippen molar-refractivity contribution < 1.29 is 4.32 Å². The molecule has 0 heterocycles. The molecule has 0 amide bonds. The fraction of sp³-hybridized carbons (Fsp3) is 1.00. The van der Waals surface area contributed by atoms with Crippen molar-refractivity contribution >= 4 is 28.8 Å². The molecule has 0 aromatic carbocycles. The molecule has 0 aromatic rings. The van der Waals surface area contributed by atoms with Crippen LogP contribution in [-0.2, 0) is 0 Å². The van der Waals surface area contributed by atoms with Gasteiger partial charge in [-0.3, -0.25) is 0 Å².